The highest BCUT2D eigenvalue weighted by Crippen LogP contribution is 2.28. The SMILES string of the molecule is CC(c1ccccc1)N1CC(C(=O)NC(CC(F)F)C(=O)O)CC1=O. The molecule has 8 heteroatoms. The first-order valence-corrected chi connectivity index (χ1v) is 7.95. The van der Waals surface area contributed by atoms with E-state index >= 15 is 0 Å². The van der Waals surface area contributed by atoms with Crippen LogP contribution in [0.15, 0.2) is 30.3 Å². The normalized spacial score (nSPS) is 19.8. The van der Waals surface area contributed by atoms with Gasteiger partial charge >= 0.3 is 5.97 Å². The Kier molecular flexibility index (Phi) is 6.06. The fraction of sp³-hybridized carbons (Fsp3) is 0.471. The van der Waals surface area contributed by atoms with Crippen molar-refractivity contribution in [1.29, 1.82) is 0 Å². The van der Waals surface area contributed by atoms with E-state index in [0.29, 0.717) is 0 Å². The maximum absolute atomic E-state index is 12.4. The van der Waals surface area contributed by atoms with Crippen LogP contribution in [0.4, 0.5) is 8.78 Å². The molecular weight excluding hydrogens is 334 g/mol. The highest BCUT2D eigenvalue weighted by atomic mass is 19.3. The molecule has 2 amide bonds. The van der Waals surface area contributed by atoms with Crippen molar-refractivity contribution in [3.63, 3.8) is 0 Å². The molecule has 1 aromatic carbocycles. The molecule has 3 atom stereocenters. The Bertz CT molecular complexity index is 639. The second-order valence-corrected chi connectivity index (χ2v) is 6.06. The number of hydrogen-bond donors (Lipinski definition) is 2. The summed E-state index contributed by atoms with van der Waals surface area (Å²) in [5.74, 6) is -3.19. The quantitative estimate of drug-likeness (QED) is 0.782. The number of carboxylic acids is 1. The van der Waals surface area contributed by atoms with Gasteiger partial charge in [0.2, 0.25) is 18.2 Å². The third kappa shape index (κ3) is 4.74. The molecule has 3 unspecified atom stereocenters. The van der Waals surface area contributed by atoms with Gasteiger partial charge < -0.3 is 15.3 Å². The molecule has 1 aliphatic heterocycles. The minimum absolute atomic E-state index is 0.0655. The summed E-state index contributed by atoms with van der Waals surface area (Å²) in [4.78, 5) is 36.9. The van der Waals surface area contributed by atoms with E-state index in [2.05, 4.69) is 5.32 Å². The number of carbonyl (C=O) groups is 3. The van der Waals surface area contributed by atoms with Crippen LogP contribution in [-0.4, -0.2) is 46.8 Å². The van der Waals surface area contributed by atoms with Gasteiger partial charge in [0.15, 0.2) is 0 Å². The number of hydrogen-bond acceptors (Lipinski definition) is 3. The zero-order valence-electron chi connectivity index (χ0n) is 13.7. The molecular formula is C17H20F2N2O4. The summed E-state index contributed by atoms with van der Waals surface area (Å²) in [5.41, 5.74) is 0.915. The van der Waals surface area contributed by atoms with Gasteiger partial charge in [-0.2, -0.15) is 0 Å². The number of carboxylic acid groups (broad SMARTS) is 1. The van der Waals surface area contributed by atoms with Gasteiger partial charge in [-0.1, -0.05) is 30.3 Å². The monoisotopic (exact) mass is 354 g/mol. The summed E-state index contributed by atoms with van der Waals surface area (Å²) in [6.45, 7) is 1.96. The lowest BCUT2D eigenvalue weighted by Gasteiger charge is -2.25. The van der Waals surface area contributed by atoms with Crippen molar-refractivity contribution in [2.45, 2.75) is 38.3 Å². The minimum atomic E-state index is -2.85. The van der Waals surface area contributed by atoms with Gasteiger partial charge in [0.1, 0.15) is 6.04 Å². The Hall–Kier alpha value is -2.51. The number of benzene rings is 1. The van der Waals surface area contributed by atoms with Crippen LogP contribution in [0.1, 0.15) is 31.4 Å². The minimum Gasteiger partial charge on any atom is -0.480 e. The van der Waals surface area contributed by atoms with E-state index in [0.717, 1.165) is 5.56 Å². The Morgan fingerprint density at radius 3 is 2.52 bits per heavy atom. The molecule has 1 heterocycles. The molecule has 6 nitrogen and oxygen atoms in total. The average molecular weight is 354 g/mol. The van der Waals surface area contributed by atoms with Crippen LogP contribution in [0.5, 0.6) is 0 Å². The van der Waals surface area contributed by atoms with Crippen LogP contribution in [0.25, 0.3) is 0 Å². The molecule has 0 aromatic heterocycles. The molecule has 136 valence electrons. The third-order valence-corrected chi connectivity index (χ3v) is 4.31. The van der Waals surface area contributed by atoms with Gasteiger partial charge in [0, 0.05) is 19.4 Å². The third-order valence-electron chi connectivity index (χ3n) is 4.31. The Morgan fingerprint density at radius 1 is 1.32 bits per heavy atom. The van der Waals surface area contributed by atoms with Crippen LogP contribution in [0, 0.1) is 5.92 Å². The first-order valence-electron chi connectivity index (χ1n) is 7.95. The van der Waals surface area contributed by atoms with Crippen molar-refractivity contribution in [3.05, 3.63) is 35.9 Å². The summed E-state index contributed by atoms with van der Waals surface area (Å²) >= 11 is 0. The van der Waals surface area contributed by atoms with Crippen LogP contribution >= 0.6 is 0 Å². The zero-order valence-corrected chi connectivity index (χ0v) is 13.7. The van der Waals surface area contributed by atoms with Crippen LogP contribution in [-0.2, 0) is 14.4 Å². The van der Waals surface area contributed by atoms with Gasteiger partial charge in [0.05, 0.1) is 12.0 Å². The average Bonchev–Trinajstić information content (AvgIpc) is 2.95. The molecule has 1 saturated heterocycles. The highest BCUT2D eigenvalue weighted by molar-refractivity contribution is 5.91. The van der Waals surface area contributed by atoms with Crippen LogP contribution < -0.4 is 5.32 Å². The van der Waals surface area contributed by atoms with Crippen LogP contribution in [0.3, 0.4) is 0 Å². The van der Waals surface area contributed by atoms with Crippen molar-refractivity contribution < 1.29 is 28.3 Å². The molecule has 2 N–H and O–H groups in total. The molecule has 2 rings (SSSR count). The largest absolute Gasteiger partial charge is 0.480 e. The zero-order chi connectivity index (χ0) is 18.6. The topological polar surface area (TPSA) is 86.7 Å². The lowest BCUT2D eigenvalue weighted by Crippen LogP contribution is -2.45. The standard InChI is InChI=1S/C17H20F2N2O4/c1-10(11-5-3-2-4-6-11)21-9-12(7-15(21)22)16(23)20-13(17(24)25)8-14(18)19/h2-6,10,12-14H,7-9H2,1H3,(H,20,23)(H,24,25). The Labute approximate surface area is 143 Å². The maximum atomic E-state index is 12.4. The van der Waals surface area contributed by atoms with E-state index in [1.165, 1.54) is 0 Å². The van der Waals surface area contributed by atoms with E-state index in [4.69, 9.17) is 5.11 Å². The molecule has 1 aromatic rings. The van der Waals surface area contributed by atoms with Gasteiger partial charge in [-0.3, -0.25) is 9.59 Å². The molecule has 0 radical (unpaired) electrons. The summed E-state index contributed by atoms with van der Waals surface area (Å²) in [6, 6.07) is 7.39. The van der Waals surface area contributed by atoms with Crippen LogP contribution in [0.2, 0.25) is 0 Å². The van der Waals surface area contributed by atoms with Gasteiger partial charge in [0.25, 0.3) is 0 Å². The maximum Gasteiger partial charge on any atom is 0.326 e. The van der Waals surface area contributed by atoms with Gasteiger partial charge in [-0.05, 0) is 12.5 Å². The summed E-state index contributed by atoms with van der Waals surface area (Å²) in [6.07, 6.45) is -3.88. The van der Waals surface area contributed by atoms with E-state index in [9.17, 15) is 23.2 Å². The first-order chi connectivity index (χ1) is 11.8. The molecule has 1 fully saturated rings. The smallest absolute Gasteiger partial charge is 0.326 e. The second kappa shape index (κ2) is 8.04. The van der Waals surface area contributed by atoms with Crippen molar-refractivity contribution in [1.82, 2.24) is 10.2 Å². The number of aliphatic carboxylic acids is 1. The number of nitrogens with one attached hydrogen (secondary N) is 1. The second-order valence-electron chi connectivity index (χ2n) is 6.06. The molecule has 1 aliphatic rings. The number of amides is 2. The first kappa shape index (κ1) is 18.8. The molecule has 0 aliphatic carbocycles. The predicted molar refractivity (Wildman–Crippen MR) is 84.9 cm³/mol. The summed E-state index contributed by atoms with van der Waals surface area (Å²) in [7, 11) is 0. The van der Waals surface area contributed by atoms with E-state index in [-0.39, 0.29) is 24.9 Å². The Balaban J connectivity index is 2.01. The van der Waals surface area contributed by atoms with Crippen molar-refractivity contribution in [3.8, 4) is 0 Å². The highest BCUT2D eigenvalue weighted by Gasteiger charge is 2.38. The summed E-state index contributed by atoms with van der Waals surface area (Å²) < 4.78 is 24.8. The van der Waals surface area contributed by atoms with Crippen molar-refractivity contribution >= 4 is 17.8 Å². The number of carbonyl (C=O) groups excluding carboxylic acids is 2. The number of halogens is 2. The van der Waals surface area contributed by atoms with Gasteiger partial charge in [-0.15, -0.1) is 0 Å². The van der Waals surface area contributed by atoms with Crippen molar-refractivity contribution in [2.75, 3.05) is 6.54 Å². The number of rotatable bonds is 7. The van der Waals surface area contributed by atoms with Crippen molar-refractivity contribution in [2.24, 2.45) is 5.92 Å². The van der Waals surface area contributed by atoms with E-state index in [1.807, 2.05) is 37.3 Å². The fourth-order valence-electron chi connectivity index (χ4n) is 2.88. The molecule has 0 spiro atoms. The lowest BCUT2D eigenvalue weighted by molar-refractivity contribution is -0.143. The van der Waals surface area contributed by atoms with E-state index < -0.39 is 36.7 Å². The number of nitrogens with zero attached hydrogens (tertiary/aromatic N) is 1. The molecule has 0 saturated carbocycles. The lowest BCUT2D eigenvalue weighted by atomic mass is 10.1. The molecule has 0 bridgehead atoms. The fourth-order valence-corrected chi connectivity index (χ4v) is 2.88. The number of likely N-dealkylation sites (tertiary alicyclic amines) is 1. The Morgan fingerprint density at radius 2 is 1.96 bits per heavy atom. The predicted octanol–water partition coefficient (Wildman–Crippen LogP) is 1.82. The summed E-state index contributed by atoms with van der Waals surface area (Å²) in [5, 5.41) is 11.0. The molecule has 25 heavy (non-hydrogen) atoms. The van der Waals surface area contributed by atoms with E-state index in [1.54, 1.807) is 4.90 Å². The number of alkyl halides is 2. The van der Waals surface area contributed by atoms with Gasteiger partial charge in [-0.25, -0.2) is 13.6 Å².